The maximum Gasteiger partial charge on any atom is 0.307 e. The maximum atomic E-state index is 10.9. The number of fused-ring (bicyclic) bond motifs is 3. The van der Waals surface area contributed by atoms with Crippen LogP contribution in [-0.2, 0) is 11.2 Å². The highest BCUT2D eigenvalue weighted by atomic mass is 32.1. The van der Waals surface area contributed by atoms with E-state index in [1.165, 1.54) is 0 Å². The number of rotatable bonds is 2. The molecule has 0 aliphatic carbocycles. The first-order valence-electron chi connectivity index (χ1n) is 5.35. The van der Waals surface area contributed by atoms with Gasteiger partial charge in [-0.3, -0.25) is 4.79 Å². The lowest BCUT2D eigenvalue weighted by molar-refractivity contribution is -0.136. The van der Waals surface area contributed by atoms with Crippen molar-refractivity contribution >= 4 is 38.2 Å². The number of benzene rings is 2. The van der Waals surface area contributed by atoms with Crippen molar-refractivity contribution in [1.82, 2.24) is 0 Å². The molecule has 0 atom stereocenters. The standard InChI is InChI=1S/C14H10O2S/c15-13(16)7-10-8-17-12-6-5-9-3-1-2-4-11(9)14(10)12/h1-6,8H,7H2,(H,15,16). The Kier molecular flexibility index (Phi) is 2.34. The summed E-state index contributed by atoms with van der Waals surface area (Å²) in [6, 6.07) is 12.2. The molecule has 1 heterocycles. The van der Waals surface area contributed by atoms with Gasteiger partial charge in [-0.1, -0.05) is 30.3 Å². The first-order valence-corrected chi connectivity index (χ1v) is 6.23. The molecule has 3 heteroatoms. The van der Waals surface area contributed by atoms with Crippen molar-refractivity contribution in [3.63, 3.8) is 0 Å². The normalized spacial score (nSPS) is 11.1. The Bertz CT molecular complexity index is 712. The summed E-state index contributed by atoms with van der Waals surface area (Å²) >= 11 is 1.61. The average Bonchev–Trinajstić information content (AvgIpc) is 2.72. The molecule has 0 saturated carbocycles. The minimum Gasteiger partial charge on any atom is -0.481 e. The molecule has 0 amide bonds. The zero-order valence-electron chi connectivity index (χ0n) is 9.01. The number of carboxylic acid groups (broad SMARTS) is 1. The largest absolute Gasteiger partial charge is 0.481 e. The molecule has 1 aromatic heterocycles. The second-order valence-electron chi connectivity index (χ2n) is 3.99. The van der Waals surface area contributed by atoms with E-state index >= 15 is 0 Å². The van der Waals surface area contributed by atoms with Gasteiger partial charge in [0, 0.05) is 10.1 Å². The van der Waals surface area contributed by atoms with Crippen molar-refractivity contribution in [3.8, 4) is 0 Å². The third kappa shape index (κ3) is 1.68. The molecule has 3 aromatic rings. The zero-order chi connectivity index (χ0) is 11.8. The molecule has 0 spiro atoms. The predicted molar refractivity (Wildman–Crippen MR) is 70.7 cm³/mol. The van der Waals surface area contributed by atoms with Crippen LogP contribution in [0.5, 0.6) is 0 Å². The summed E-state index contributed by atoms with van der Waals surface area (Å²) in [7, 11) is 0. The molecule has 1 N–H and O–H groups in total. The summed E-state index contributed by atoms with van der Waals surface area (Å²) in [6.07, 6.45) is 0.0913. The van der Waals surface area contributed by atoms with E-state index in [1.807, 2.05) is 17.5 Å². The van der Waals surface area contributed by atoms with E-state index in [4.69, 9.17) is 5.11 Å². The van der Waals surface area contributed by atoms with E-state index in [9.17, 15) is 4.79 Å². The minimum absolute atomic E-state index is 0.0913. The minimum atomic E-state index is -0.780. The van der Waals surface area contributed by atoms with Gasteiger partial charge in [0.15, 0.2) is 0 Å². The third-order valence-electron chi connectivity index (χ3n) is 2.88. The maximum absolute atomic E-state index is 10.9. The van der Waals surface area contributed by atoms with Gasteiger partial charge in [0.1, 0.15) is 0 Å². The van der Waals surface area contributed by atoms with E-state index in [-0.39, 0.29) is 6.42 Å². The van der Waals surface area contributed by atoms with Crippen molar-refractivity contribution < 1.29 is 9.90 Å². The molecule has 2 nitrogen and oxygen atoms in total. The Morgan fingerprint density at radius 3 is 2.82 bits per heavy atom. The Morgan fingerprint density at radius 1 is 1.18 bits per heavy atom. The second-order valence-corrected chi connectivity index (χ2v) is 4.90. The van der Waals surface area contributed by atoms with Gasteiger partial charge in [0.05, 0.1) is 6.42 Å². The van der Waals surface area contributed by atoms with Crippen LogP contribution in [0.4, 0.5) is 0 Å². The van der Waals surface area contributed by atoms with Crippen molar-refractivity contribution in [2.45, 2.75) is 6.42 Å². The number of aliphatic carboxylic acids is 1. The van der Waals surface area contributed by atoms with Crippen LogP contribution < -0.4 is 0 Å². The molecular formula is C14H10O2S. The first kappa shape index (κ1) is 10.3. The van der Waals surface area contributed by atoms with Crippen LogP contribution in [0.25, 0.3) is 20.9 Å². The molecule has 0 aliphatic heterocycles. The Morgan fingerprint density at radius 2 is 2.00 bits per heavy atom. The van der Waals surface area contributed by atoms with E-state index in [0.717, 1.165) is 26.4 Å². The van der Waals surface area contributed by atoms with Gasteiger partial charge < -0.3 is 5.11 Å². The second kappa shape index (κ2) is 3.86. The number of hydrogen-bond acceptors (Lipinski definition) is 2. The monoisotopic (exact) mass is 242 g/mol. The lowest BCUT2D eigenvalue weighted by atomic mass is 10.0. The molecular weight excluding hydrogens is 232 g/mol. The van der Waals surface area contributed by atoms with Gasteiger partial charge in [-0.15, -0.1) is 11.3 Å². The Labute approximate surface area is 102 Å². The summed E-state index contributed by atoms with van der Waals surface area (Å²) in [5, 5.41) is 14.3. The van der Waals surface area contributed by atoms with Gasteiger partial charge in [0.25, 0.3) is 0 Å². The molecule has 2 aromatic carbocycles. The Balaban J connectivity index is 2.38. The van der Waals surface area contributed by atoms with Crippen LogP contribution in [0.1, 0.15) is 5.56 Å². The SMILES string of the molecule is O=C(O)Cc1csc2ccc3ccccc3c12. The average molecular weight is 242 g/mol. The number of carboxylic acids is 1. The molecule has 84 valence electrons. The fourth-order valence-electron chi connectivity index (χ4n) is 2.17. The topological polar surface area (TPSA) is 37.3 Å². The smallest absolute Gasteiger partial charge is 0.307 e. The van der Waals surface area contributed by atoms with Gasteiger partial charge in [0.2, 0.25) is 0 Å². The van der Waals surface area contributed by atoms with Gasteiger partial charge in [-0.05, 0) is 27.8 Å². The number of carbonyl (C=O) groups is 1. The molecule has 3 rings (SSSR count). The van der Waals surface area contributed by atoms with Crippen LogP contribution in [0.3, 0.4) is 0 Å². The summed E-state index contributed by atoms with van der Waals surface area (Å²) < 4.78 is 1.15. The molecule has 0 aliphatic rings. The fraction of sp³-hybridized carbons (Fsp3) is 0.0714. The van der Waals surface area contributed by atoms with E-state index in [2.05, 4.69) is 24.3 Å². The van der Waals surface area contributed by atoms with E-state index in [0.29, 0.717) is 0 Å². The summed E-state index contributed by atoms with van der Waals surface area (Å²) in [4.78, 5) is 10.9. The Hall–Kier alpha value is -1.87. The molecule has 17 heavy (non-hydrogen) atoms. The highest BCUT2D eigenvalue weighted by Crippen LogP contribution is 2.33. The predicted octanol–water partition coefficient (Wildman–Crippen LogP) is 3.68. The lowest BCUT2D eigenvalue weighted by Gasteiger charge is -2.01. The van der Waals surface area contributed by atoms with Crippen LogP contribution in [-0.4, -0.2) is 11.1 Å². The lowest BCUT2D eigenvalue weighted by Crippen LogP contribution is -1.98. The van der Waals surface area contributed by atoms with Gasteiger partial charge in [-0.2, -0.15) is 0 Å². The molecule has 0 radical (unpaired) electrons. The van der Waals surface area contributed by atoms with Crippen molar-refractivity contribution in [2.75, 3.05) is 0 Å². The zero-order valence-corrected chi connectivity index (χ0v) is 9.83. The van der Waals surface area contributed by atoms with Crippen LogP contribution in [0, 0.1) is 0 Å². The van der Waals surface area contributed by atoms with Crippen LogP contribution in [0.15, 0.2) is 41.8 Å². The quantitative estimate of drug-likeness (QED) is 0.744. The van der Waals surface area contributed by atoms with Crippen molar-refractivity contribution in [3.05, 3.63) is 47.3 Å². The number of thiophene rings is 1. The summed E-state index contributed by atoms with van der Waals surface area (Å²) in [6.45, 7) is 0. The molecule has 0 saturated heterocycles. The van der Waals surface area contributed by atoms with Gasteiger partial charge in [-0.25, -0.2) is 0 Å². The third-order valence-corrected chi connectivity index (χ3v) is 3.88. The van der Waals surface area contributed by atoms with Crippen molar-refractivity contribution in [1.29, 1.82) is 0 Å². The molecule has 0 bridgehead atoms. The summed E-state index contributed by atoms with van der Waals surface area (Å²) in [5.41, 5.74) is 0.911. The fourth-order valence-corrected chi connectivity index (χ4v) is 3.14. The molecule has 0 fully saturated rings. The molecule has 0 unspecified atom stereocenters. The van der Waals surface area contributed by atoms with Crippen LogP contribution in [0.2, 0.25) is 0 Å². The van der Waals surface area contributed by atoms with E-state index < -0.39 is 5.97 Å². The van der Waals surface area contributed by atoms with Crippen molar-refractivity contribution in [2.24, 2.45) is 0 Å². The highest BCUT2D eigenvalue weighted by molar-refractivity contribution is 7.17. The summed E-state index contributed by atoms with van der Waals surface area (Å²) in [5.74, 6) is -0.780. The first-order chi connectivity index (χ1) is 8.25. The highest BCUT2D eigenvalue weighted by Gasteiger charge is 2.10. The van der Waals surface area contributed by atoms with Gasteiger partial charge >= 0.3 is 5.97 Å². The van der Waals surface area contributed by atoms with Crippen LogP contribution >= 0.6 is 11.3 Å². The number of hydrogen-bond donors (Lipinski definition) is 1. The van der Waals surface area contributed by atoms with E-state index in [1.54, 1.807) is 11.3 Å².